The topological polar surface area (TPSA) is 38.7 Å². The molecule has 0 saturated heterocycles. The normalized spacial score (nSPS) is 14.1. The molecule has 0 aromatic carbocycles. The van der Waals surface area contributed by atoms with Crippen LogP contribution in [0.15, 0.2) is 0 Å². The fourth-order valence-electron chi connectivity index (χ4n) is 3.52. The fraction of sp³-hybridized carbons (Fsp3) is 1.00. The monoisotopic (exact) mass is 400 g/mol. The molecule has 0 bridgehead atoms. The van der Waals surface area contributed by atoms with Gasteiger partial charge in [0.1, 0.15) is 0 Å². The number of hydrogen-bond acceptors (Lipinski definition) is 3. The van der Waals surface area contributed by atoms with Crippen LogP contribution in [0.1, 0.15) is 131 Å². The second-order valence-corrected chi connectivity index (χ2v) is 9.14. The van der Waals surface area contributed by atoms with Crippen molar-refractivity contribution in [3.8, 4) is 0 Å². The minimum Gasteiger partial charge on any atom is -0.393 e. The summed E-state index contributed by atoms with van der Waals surface area (Å²) >= 11 is 0. The predicted octanol–water partition coefficient (Wildman–Crippen LogP) is 7.64. The van der Waals surface area contributed by atoms with Crippen LogP contribution in [0.2, 0.25) is 0 Å². The van der Waals surface area contributed by atoms with E-state index < -0.39 is 0 Å². The highest BCUT2D eigenvalue weighted by Crippen LogP contribution is 2.15. The van der Waals surface area contributed by atoms with Gasteiger partial charge in [0.25, 0.3) is 0 Å². The predicted molar refractivity (Wildman–Crippen MR) is 122 cm³/mol. The third-order valence-corrected chi connectivity index (χ3v) is 5.32. The Morgan fingerprint density at radius 3 is 1.54 bits per heavy atom. The molecular weight excluding hydrogens is 348 g/mol. The van der Waals surface area contributed by atoms with E-state index in [1.807, 2.05) is 13.8 Å². The van der Waals surface area contributed by atoms with Crippen LogP contribution in [-0.2, 0) is 9.47 Å². The standard InChI is InChI=1S/C25H52O3/c1-6-7-8-9-10-11-12-13-14-15-16-17-18-19-24(26)20-21-27-25(22(2)3)28-23(4)5/h22-26H,6-21H2,1-5H3. The lowest BCUT2D eigenvalue weighted by Gasteiger charge is -2.24. The molecular formula is C25H52O3. The van der Waals surface area contributed by atoms with E-state index in [-0.39, 0.29) is 18.5 Å². The Balaban J connectivity index is 3.40. The van der Waals surface area contributed by atoms with E-state index in [1.54, 1.807) is 0 Å². The lowest BCUT2D eigenvalue weighted by atomic mass is 10.0. The molecule has 28 heavy (non-hydrogen) atoms. The Labute approximate surface area is 177 Å². The van der Waals surface area contributed by atoms with Gasteiger partial charge in [-0.15, -0.1) is 0 Å². The molecule has 0 aromatic rings. The van der Waals surface area contributed by atoms with Crippen LogP contribution < -0.4 is 0 Å². The maximum absolute atomic E-state index is 10.1. The van der Waals surface area contributed by atoms with Crippen molar-refractivity contribution in [3.05, 3.63) is 0 Å². The van der Waals surface area contributed by atoms with Crippen LogP contribution in [0.25, 0.3) is 0 Å². The first kappa shape index (κ1) is 27.9. The Morgan fingerprint density at radius 1 is 0.643 bits per heavy atom. The SMILES string of the molecule is CCCCCCCCCCCCCCCC(O)CCOC(OC(C)C)C(C)C. The van der Waals surface area contributed by atoms with Crippen molar-refractivity contribution in [2.75, 3.05) is 6.61 Å². The summed E-state index contributed by atoms with van der Waals surface area (Å²) in [5.41, 5.74) is 0. The molecule has 0 radical (unpaired) electrons. The fourth-order valence-corrected chi connectivity index (χ4v) is 3.52. The zero-order chi connectivity index (χ0) is 21.0. The maximum atomic E-state index is 10.1. The Hall–Kier alpha value is -0.120. The van der Waals surface area contributed by atoms with Crippen LogP contribution in [0, 0.1) is 5.92 Å². The molecule has 2 atom stereocenters. The van der Waals surface area contributed by atoms with E-state index in [4.69, 9.17) is 9.47 Å². The third kappa shape index (κ3) is 19.2. The molecule has 0 heterocycles. The number of ether oxygens (including phenoxy) is 2. The molecule has 3 heteroatoms. The molecule has 0 aromatic heterocycles. The minimum atomic E-state index is -0.237. The molecule has 0 spiro atoms. The second kappa shape index (κ2) is 20.2. The Kier molecular flexibility index (Phi) is 20.1. The minimum absolute atomic E-state index is 0.163. The largest absolute Gasteiger partial charge is 0.393 e. The maximum Gasteiger partial charge on any atom is 0.160 e. The molecule has 0 saturated carbocycles. The van der Waals surface area contributed by atoms with Crippen LogP contribution in [-0.4, -0.2) is 30.2 Å². The summed E-state index contributed by atoms with van der Waals surface area (Å²) in [5.74, 6) is 0.334. The molecule has 0 aliphatic carbocycles. The summed E-state index contributed by atoms with van der Waals surface area (Å²) in [5, 5.41) is 10.1. The molecule has 3 nitrogen and oxygen atoms in total. The summed E-state index contributed by atoms with van der Waals surface area (Å²) < 4.78 is 11.6. The Morgan fingerprint density at radius 2 is 1.11 bits per heavy atom. The van der Waals surface area contributed by atoms with E-state index in [2.05, 4.69) is 20.8 Å². The van der Waals surface area contributed by atoms with Gasteiger partial charge in [-0.2, -0.15) is 0 Å². The zero-order valence-electron chi connectivity index (χ0n) is 19.9. The number of hydrogen-bond donors (Lipinski definition) is 1. The molecule has 0 aliphatic rings. The first-order valence-corrected chi connectivity index (χ1v) is 12.4. The smallest absolute Gasteiger partial charge is 0.160 e. The average molecular weight is 401 g/mol. The second-order valence-electron chi connectivity index (χ2n) is 9.14. The van der Waals surface area contributed by atoms with Crippen molar-refractivity contribution in [2.24, 2.45) is 5.92 Å². The van der Waals surface area contributed by atoms with Gasteiger partial charge in [0.2, 0.25) is 0 Å². The van der Waals surface area contributed by atoms with E-state index in [9.17, 15) is 5.11 Å². The summed E-state index contributed by atoms with van der Waals surface area (Å²) in [6.07, 6.45) is 19.1. The number of rotatable bonds is 21. The van der Waals surface area contributed by atoms with E-state index in [1.165, 1.54) is 77.0 Å². The highest BCUT2D eigenvalue weighted by molar-refractivity contribution is 4.58. The van der Waals surface area contributed by atoms with Gasteiger partial charge < -0.3 is 14.6 Å². The lowest BCUT2D eigenvalue weighted by molar-refractivity contribution is -0.187. The summed E-state index contributed by atoms with van der Waals surface area (Å²) in [7, 11) is 0. The average Bonchev–Trinajstić information content (AvgIpc) is 2.64. The zero-order valence-corrected chi connectivity index (χ0v) is 19.9. The molecule has 0 aliphatic heterocycles. The van der Waals surface area contributed by atoms with Crippen molar-refractivity contribution >= 4 is 0 Å². The highest BCUT2D eigenvalue weighted by atomic mass is 16.7. The van der Waals surface area contributed by atoms with Gasteiger partial charge in [-0.25, -0.2) is 0 Å². The molecule has 1 N–H and O–H groups in total. The van der Waals surface area contributed by atoms with Gasteiger partial charge >= 0.3 is 0 Å². The first-order valence-electron chi connectivity index (χ1n) is 12.4. The number of aliphatic hydroxyl groups excluding tert-OH is 1. The first-order chi connectivity index (χ1) is 13.5. The molecule has 2 unspecified atom stereocenters. The Bertz CT molecular complexity index is 304. The molecule has 170 valence electrons. The van der Waals surface area contributed by atoms with Crippen molar-refractivity contribution in [3.63, 3.8) is 0 Å². The van der Waals surface area contributed by atoms with Gasteiger partial charge in [0.05, 0.1) is 18.8 Å². The molecule has 0 fully saturated rings. The summed E-state index contributed by atoms with van der Waals surface area (Å²) in [6.45, 7) is 11.1. The highest BCUT2D eigenvalue weighted by Gasteiger charge is 2.16. The lowest BCUT2D eigenvalue weighted by Crippen LogP contribution is -2.28. The van der Waals surface area contributed by atoms with E-state index >= 15 is 0 Å². The number of aliphatic hydroxyl groups is 1. The van der Waals surface area contributed by atoms with Gasteiger partial charge in [-0.3, -0.25) is 0 Å². The van der Waals surface area contributed by atoms with Gasteiger partial charge in [0.15, 0.2) is 6.29 Å². The van der Waals surface area contributed by atoms with Crippen LogP contribution in [0.4, 0.5) is 0 Å². The molecule has 0 rings (SSSR count). The van der Waals surface area contributed by atoms with E-state index in [0.29, 0.717) is 18.9 Å². The third-order valence-electron chi connectivity index (χ3n) is 5.32. The van der Waals surface area contributed by atoms with E-state index in [0.717, 1.165) is 12.8 Å². The van der Waals surface area contributed by atoms with Gasteiger partial charge in [-0.05, 0) is 26.7 Å². The van der Waals surface area contributed by atoms with Gasteiger partial charge in [-0.1, -0.05) is 104 Å². The summed E-state index contributed by atoms with van der Waals surface area (Å²) in [4.78, 5) is 0. The quantitative estimate of drug-likeness (QED) is 0.159. The van der Waals surface area contributed by atoms with Crippen molar-refractivity contribution < 1.29 is 14.6 Å². The van der Waals surface area contributed by atoms with Crippen molar-refractivity contribution in [1.29, 1.82) is 0 Å². The van der Waals surface area contributed by atoms with Crippen molar-refractivity contribution in [2.45, 2.75) is 149 Å². The number of unbranched alkanes of at least 4 members (excludes halogenated alkanes) is 12. The van der Waals surface area contributed by atoms with Crippen molar-refractivity contribution in [1.82, 2.24) is 0 Å². The van der Waals surface area contributed by atoms with Crippen LogP contribution in [0.3, 0.4) is 0 Å². The van der Waals surface area contributed by atoms with Gasteiger partial charge in [0, 0.05) is 5.92 Å². The molecule has 0 amide bonds. The van der Waals surface area contributed by atoms with Crippen LogP contribution >= 0.6 is 0 Å². The summed E-state index contributed by atoms with van der Waals surface area (Å²) in [6, 6.07) is 0. The van der Waals surface area contributed by atoms with Crippen LogP contribution in [0.5, 0.6) is 0 Å².